The van der Waals surface area contributed by atoms with Gasteiger partial charge in [0.05, 0.1) is 18.7 Å². The topological polar surface area (TPSA) is 79.3 Å². The summed E-state index contributed by atoms with van der Waals surface area (Å²) in [5.74, 6) is -0.103. The van der Waals surface area contributed by atoms with Crippen LogP contribution in [-0.2, 0) is 16.1 Å². The molecule has 1 saturated carbocycles. The van der Waals surface area contributed by atoms with Crippen molar-refractivity contribution >= 4 is 11.9 Å². The molecule has 0 aromatic heterocycles. The summed E-state index contributed by atoms with van der Waals surface area (Å²) in [6.45, 7) is 6.83. The molecule has 1 N–H and O–H groups in total. The van der Waals surface area contributed by atoms with Gasteiger partial charge < -0.3 is 19.5 Å². The summed E-state index contributed by atoms with van der Waals surface area (Å²) in [7, 11) is 0. The van der Waals surface area contributed by atoms with Crippen LogP contribution >= 0.6 is 0 Å². The third kappa shape index (κ3) is 4.93. The zero-order chi connectivity index (χ0) is 27.3. The molecule has 0 spiro atoms. The van der Waals surface area contributed by atoms with Gasteiger partial charge in [-0.25, -0.2) is 9.18 Å². The molecule has 0 unspecified atom stereocenters. The number of fused-ring (bicyclic) bond motifs is 1. The molecule has 3 heterocycles. The van der Waals surface area contributed by atoms with Crippen LogP contribution in [0.2, 0.25) is 0 Å². The number of piperidine rings is 1. The van der Waals surface area contributed by atoms with E-state index in [1.165, 1.54) is 6.07 Å². The molecular weight excluding hydrogens is 499 g/mol. The van der Waals surface area contributed by atoms with Crippen LogP contribution in [0.4, 0.5) is 4.39 Å². The molecule has 1 amide bonds. The monoisotopic (exact) mass is 536 g/mol. The first-order valence-electron chi connectivity index (χ1n) is 14.2. The van der Waals surface area contributed by atoms with Crippen LogP contribution in [0.5, 0.6) is 5.75 Å². The molecule has 2 saturated heterocycles. The quantitative estimate of drug-likeness (QED) is 0.582. The third-order valence-corrected chi connectivity index (χ3v) is 9.27. The zero-order valence-electron chi connectivity index (χ0n) is 22.7. The van der Waals surface area contributed by atoms with E-state index in [0.717, 1.165) is 49.9 Å². The summed E-state index contributed by atoms with van der Waals surface area (Å²) < 4.78 is 26.6. The number of ether oxygens (including phenoxy) is 2. The highest BCUT2D eigenvalue weighted by Gasteiger charge is 2.56. The molecule has 3 fully saturated rings. The van der Waals surface area contributed by atoms with Gasteiger partial charge >= 0.3 is 5.97 Å². The molecule has 0 radical (unpaired) electrons. The average Bonchev–Trinajstić information content (AvgIpc) is 3.78. The number of carbonyl (C=O) groups excluding carboxylic acids is 1. The lowest BCUT2D eigenvalue weighted by Gasteiger charge is -2.47. The molecule has 2 aromatic rings. The maximum absolute atomic E-state index is 14.4. The number of carboxylic acids is 1. The van der Waals surface area contributed by atoms with Crippen molar-refractivity contribution in [2.45, 2.75) is 70.1 Å². The second-order valence-corrected chi connectivity index (χ2v) is 12.0. The van der Waals surface area contributed by atoms with Crippen molar-refractivity contribution in [3.63, 3.8) is 0 Å². The molecule has 39 heavy (non-hydrogen) atoms. The van der Waals surface area contributed by atoms with Crippen molar-refractivity contribution in [2.75, 3.05) is 26.4 Å². The Morgan fingerprint density at radius 2 is 1.95 bits per heavy atom. The number of aromatic carboxylic acids is 1. The van der Waals surface area contributed by atoms with E-state index >= 15 is 0 Å². The molecule has 2 aromatic carbocycles. The maximum atomic E-state index is 14.4. The summed E-state index contributed by atoms with van der Waals surface area (Å²) in [6.07, 6.45) is 4.53. The largest absolute Gasteiger partial charge is 0.478 e. The molecule has 7 nitrogen and oxygen atoms in total. The number of carboxylic acid groups (broad SMARTS) is 1. The van der Waals surface area contributed by atoms with Crippen molar-refractivity contribution in [3.05, 3.63) is 64.5 Å². The standard InChI is InChI=1S/C31H37FN2O5/c1-19-12-23-16-34(18-38-28(23)27(32)13-19)30(37)31(24-6-7-24)10-8-25(17-39-31)33-11-9-26(20(2)15-33)21-4-3-5-22(14-21)29(35)36/h3-5,12-14,20,24-26H,6-11,15-18H2,1-2H3,(H,35,36)/t20-,25+,26-,31-/m0/s1. The summed E-state index contributed by atoms with van der Waals surface area (Å²) in [5, 5.41) is 9.39. The van der Waals surface area contributed by atoms with Gasteiger partial charge in [0.25, 0.3) is 5.91 Å². The molecular formula is C31H37FN2O5. The Labute approximate surface area is 228 Å². The number of aryl methyl sites for hydroxylation is 1. The van der Waals surface area contributed by atoms with Crippen molar-refractivity contribution in [1.82, 2.24) is 9.80 Å². The van der Waals surface area contributed by atoms with E-state index in [-0.39, 0.29) is 36.2 Å². The fourth-order valence-electron chi connectivity index (χ4n) is 7.06. The minimum Gasteiger partial charge on any atom is -0.478 e. The second kappa shape index (κ2) is 10.2. The summed E-state index contributed by atoms with van der Waals surface area (Å²) in [6, 6.07) is 11.0. The van der Waals surface area contributed by atoms with Gasteiger partial charge in [-0.3, -0.25) is 9.69 Å². The highest BCUT2D eigenvalue weighted by Crippen LogP contribution is 2.49. The van der Waals surface area contributed by atoms with E-state index in [4.69, 9.17) is 9.47 Å². The third-order valence-electron chi connectivity index (χ3n) is 9.27. The first-order chi connectivity index (χ1) is 18.7. The fraction of sp³-hybridized carbons (Fsp3) is 0.548. The molecule has 4 aliphatic rings. The van der Waals surface area contributed by atoms with Crippen LogP contribution in [0.15, 0.2) is 36.4 Å². The van der Waals surface area contributed by atoms with Crippen LogP contribution in [0.1, 0.15) is 72.0 Å². The predicted molar refractivity (Wildman–Crippen MR) is 143 cm³/mol. The molecule has 3 aliphatic heterocycles. The lowest BCUT2D eigenvalue weighted by Crippen LogP contribution is -2.59. The Morgan fingerprint density at radius 3 is 2.64 bits per heavy atom. The Morgan fingerprint density at radius 1 is 1.13 bits per heavy atom. The van der Waals surface area contributed by atoms with Crippen LogP contribution in [0.3, 0.4) is 0 Å². The van der Waals surface area contributed by atoms with E-state index in [2.05, 4.69) is 11.8 Å². The van der Waals surface area contributed by atoms with Crippen molar-refractivity contribution in [1.29, 1.82) is 0 Å². The number of benzene rings is 2. The van der Waals surface area contributed by atoms with Crippen molar-refractivity contribution < 1.29 is 28.6 Å². The highest BCUT2D eigenvalue weighted by atomic mass is 19.1. The van der Waals surface area contributed by atoms with E-state index in [1.807, 2.05) is 31.2 Å². The van der Waals surface area contributed by atoms with E-state index in [0.29, 0.717) is 42.5 Å². The fourth-order valence-corrected chi connectivity index (χ4v) is 7.06. The van der Waals surface area contributed by atoms with E-state index < -0.39 is 11.6 Å². The van der Waals surface area contributed by atoms with Gasteiger partial charge in [0.1, 0.15) is 5.60 Å². The zero-order valence-corrected chi connectivity index (χ0v) is 22.7. The molecule has 208 valence electrons. The van der Waals surface area contributed by atoms with Crippen LogP contribution in [0, 0.1) is 24.6 Å². The normalized spacial score (nSPS) is 29.4. The van der Waals surface area contributed by atoms with Crippen LogP contribution in [-0.4, -0.2) is 64.9 Å². The minimum atomic E-state index is -0.891. The van der Waals surface area contributed by atoms with Gasteiger partial charge in [0.15, 0.2) is 18.3 Å². The van der Waals surface area contributed by atoms with E-state index in [1.54, 1.807) is 11.0 Å². The summed E-state index contributed by atoms with van der Waals surface area (Å²) in [5.41, 5.74) is 2.14. The average molecular weight is 537 g/mol. The van der Waals surface area contributed by atoms with Crippen molar-refractivity contribution in [3.8, 4) is 5.75 Å². The number of likely N-dealkylation sites (tertiary alicyclic amines) is 1. The van der Waals surface area contributed by atoms with Gasteiger partial charge in [-0.05, 0) is 92.7 Å². The first kappa shape index (κ1) is 26.3. The number of hydrogen-bond donors (Lipinski definition) is 1. The number of amides is 1. The molecule has 8 heteroatoms. The number of halogens is 1. The smallest absolute Gasteiger partial charge is 0.335 e. The Kier molecular flexibility index (Phi) is 6.88. The number of carbonyl (C=O) groups is 2. The van der Waals surface area contributed by atoms with Gasteiger partial charge in [-0.1, -0.05) is 25.1 Å². The molecule has 1 aliphatic carbocycles. The highest BCUT2D eigenvalue weighted by molar-refractivity contribution is 5.88. The van der Waals surface area contributed by atoms with Crippen LogP contribution in [0.25, 0.3) is 0 Å². The summed E-state index contributed by atoms with van der Waals surface area (Å²) in [4.78, 5) is 29.5. The lowest BCUT2D eigenvalue weighted by molar-refractivity contribution is -0.180. The number of nitrogens with zero attached hydrogens (tertiary/aromatic N) is 2. The van der Waals surface area contributed by atoms with Gasteiger partial charge in [-0.15, -0.1) is 0 Å². The van der Waals surface area contributed by atoms with Gasteiger partial charge in [-0.2, -0.15) is 0 Å². The Balaban J connectivity index is 1.10. The first-order valence-corrected chi connectivity index (χ1v) is 14.2. The molecule has 0 bridgehead atoms. The SMILES string of the molecule is Cc1cc(F)c2c(c1)CN(C(=O)[C@@]1(C3CC3)CC[C@@H](N3CC[C@H](c4cccc(C(=O)O)c4)[C@@H](C)C3)CO1)CO2. The molecule has 4 atom stereocenters. The Hall–Kier alpha value is -2.97. The summed E-state index contributed by atoms with van der Waals surface area (Å²) >= 11 is 0. The maximum Gasteiger partial charge on any atom is 0.335 e. The predicted octanol–water partition coefficient (Wildman–Crippen LogP) is 4.96. The van der Waals surface area contributed by atoms with Crippen molar-refractivity contribution in [2.24, 2.45) is 11.8 Å². The van der Waals surface area contributed by atoms with Gasteiger partial charge in [0.2, 0.25) is 0 Å². The number of hydrogen-bond acceptors (Lipinski definition) is 5. The number of rotatable bonds is 5. The Bertz CT molecular complexity index is 1270. The van der Waals surface area contributed by atoms with E-state index in [9.17, 15) is 19.1 Å². The molecule has 6 rings (SSSR count). The van der Waals surface area contributed by atoms with Gasteiger partial charge in [0, 0.05) is 18.2 Å². The second-order valence-electron chi connectivity index (χ2n) is 12.0. The van der Waals surface area contributed by atoms with Crippen LogP contribution < -0.4 is 4.74 Å². The lowest BCUT2D eigenvalue weighted by atomic mass is 9.79. The minimum absolute atomic E-state index is 0.0265.